The van der Waals surface area contributed by atoms with Crippen LogP contribution in [0.3, 0.4) is 0 Å². The number of carbonyl (C=O) groups is 3. The Labute approximate surface area is 194 Å². The van der Waals surface area contributed by atoms with Gasteiger partial charge >= 0.3 is 5.97 Å². The molecule has 2 heterocycles. The van der Waals surface area contributed by atoms with E-state index in [-0.39, 0.29) is 36.6 Å². The van der Waals surface area contributed by atoms with Gasteiger partial charge in [-0.15, -0.1) is 0 Å². The van der Waals surface area contributed by atoms with E-state index in [9.17, 15) is 24.6 Å². The normalized spacial score (nSPS) is 21.4. The van der Waals surface area contributed by atoms with Crippen molar-refractivity contribution in [2.45, 2.75) is 44.5 Å². The number of benzene rings is 1. The number of nitrogens with one attached hydrogen (secondary N) is 1. The monoisotopic (exact) mass is 462 g/mol. The molecule has 3 atom stereocenters. The summed E-state index contributed by atoms with van der Waals surface area (Å²) in [5.41, 5.74) is 0.789. The molecule has 1 unspecified atom stereocenters. The second-order valence-corrected chi connectivity index (χ2v) is 8.66. The molecule has 0 spiro atoms. The van der Waals surface area contributed by atoms with Crippen molar-refractivity contribution >= 4 is 17.8 Å². The molecule has 2 fully saturated rings. The van der Waals surface area contributed by atoms with Gasteiger partial charge in [0.15, 0.2) is 0 Å². The van der Waals surface area contributed by atoms with Crippen molar-refractivity contribution in [2.75, 3.05) is 46.4 Å². The summed E-state index contributed by atoms with van der Waals surface area (Å²) < 4.78 is 4.83. The highest BCUT2D eigenvalue weighted by atomic mass is 16.5. The summed E-state index contributed by atoms with van der Waals surface area (Å²) >= 11 is 0. The number of aliphatic hydroxyl groups is 1. The van der Waals surface area contributed by atoms with E-state index in [4.69, 9.17) is 4.74 Å². The molecule has 0 radical (unpaired) electrons. The minimum atomic E-state index is -0.824. The van der Waals surface area contributed by atoms with Crippen LogP contribution in [0, 0.1) is 0 Å². The Morgan fingerprint density at radius 2 is 1.79 bits per heavy atom. The van der Waals surface area contributed by atoms with Gasteiger partial charge in [0.05, 0.1) is 19.7 Å². The van der Waals surface area contributed by atoms with Crippen LogP contribution >= 0.6 is 0 Å². The summed E-state index contributed by atoms with van der Waals surface area (Å²) in [6.07, 6.45) is 1.24. The number of aliphatic hydroxyl groups excluding tert-OH is 1. The molecule has 3 rings (SSSR count). The number of ether oxygens (including phenoxy) is 1. The summed E-state index contributed by atoms with van der Waals surface area (Å²) in [5.74, 6) is -0.699. The largest absolute Gasteiger partial charge is 0.508 e. The first kappa shape index (κ1) is 24.9. The van der Waals surface area contributed by atoms with Crippen LogP contribution < -0.4 is 5.32 Å². The molecule has 2 aliphatic heterocycles. The summed E-state index contributed by atoms with van der Waals surface area (Å²) in [7, 11) is 1.28. The Morgan fingerprint density at radius 1 is 1.12 bits per heavy atom. The van der Waals surface area contributed by atoms with Crippen molar-refractivity contribution in [3.8, 4) is 5.75 Å². The summed E-state index contributed by atoms with van der Waals surface area (Å²) in [6, 6.07) is 5.44. The number of phenols is 1. The number of piperazine rings is 1. The minimum Gasteiger partial charge on any atom is -0.508 e. The van der Waals surface area contributed by atoms with Gasteiger partial charge in [0.1, 0.15) is 18.0 Å². The van der Waals surface area contributed by atoms with Crippen LogP contribution in [-0.4, -0.2) is 107 Å². The molecule has 10 heteroatoms. The van der Waals surface area contributed by atoms with Gasteiger partial charge in [0.25, 0.3) is 0 Å². The van der Waals surface area contributed by atoms with Gasteiger partial charge in [-0.1, -0.05) is 12.1 Å². The predicted octanol–water partition coefficient (Wildman–Crippen LogP) is -0.461. The Kier molecular flexibility index (Phi) is 8.65. The SMILES string of the molecule is COC(=O)[C@H](Cc1ccc(O)cc1)NC(=O)CN1CCN(C(O)[C@@H]2CCCN2C(C)=O)CC1. The van der Waals surface area contributed by atoms with E-state index in [1.807, 2.05) is 9.80 Å². The van der Waals surface area contributed by atoms with Crippen LogP contribution in [0.25, 0.3) is 0 Å². The molecule has 33 heavy (non-hydrogen) atoms. The fraction of sp³-hybridized carbons (Fsp3) is 0.609. The zero-order valence-corrected chi connectivity index (χ0v) is 19.3. The average molecular weight is 463 g/mol. The van der Waals surface area contributed by atoms with Gasteiger partial charge in [0.2, 0.25) is 11.8 Å². The Hall–Kier alpha value is -2.69. The number of carbonyl (C=O) groups excluding carboxylic acids is 3. The third-order valence-corrected chi connectivity index (χ3v) is 6.39. The quantitative estimate of drug-likeness (QED) is 0.444. The van der Waals surface area contributed by atoms with Gasteiger partial charge in [-0.2, -0.15) is 0 Å². The predicted molar refractivity (Wildman–Crippen MR) is 120 cm³/mol. The lowest BCUT2D eigenvalue weighted by atomic mass is 10.1. The van der Waals surface area contributed by atoms with Crippen LogP contribution in [0.15, 0.2) is 24.3 Å². The molecule has 10 nitrogen and oxygen atoms in total. The fourth-order valence-corrected chi connectivity index (χ4v) is 4.57. The first-order chi connectivity index (χ1) is 15.8. The second kappa shape index (κ2) is 11.4. The molecule has 1 aromatic rings. The molecule has 2 aliphatic rings. The van der Waals surface area contributed by atoms with E-state index in [1.165, 1.54) is 26.2 Å². The molecule has 1 aromatic carbocycles. The molecule has 0 saturated carbocycles. The number of hydrogen-bond donors (Lipinski definition) is 3. The fourth-order valence-electron chi connectivity index (χ4n) is 4.57. The number of amides is 2. The van der Waals surface area contributed by atoms with E-state index in [0.29, 0.717) is 32.7 Å². The lowest BCUT2D eigenvalue weighted by Gasteiger charge is -2.40. The second-order valence-electron chi connectivity index (χ2n) is 8.66. The molecule has 0 aromatic heterocycles. The van der Waals surface area contributed by atoms with Crippen LogP contribution in [0.5, 0.6) is 5.75 Å². The van der Waals surface area contributed by atoms with Crippen molar-refractivity contribution in [3.05, 3.63) is 29.8 Å². The standard InChI is InChI=1S/C23H34N4O6/c1-16(28)27-9-3-4-20(27)22(31)26-12-10-25(11-13-26)15-21(30)24-19(23(32)33-2)14-17-5-7-18(29)8-6-17/h5-8,19-20,22,29,31H,3-4,9-15H2,1-2H3,(H,24,30)/t19-,20-,22?/m0/s1. The number of rotatable bonds is 8. The molecule has 2 amide bonds. The zero-order chi connectivity index (χ0) is 24.0. The first-order valence-electron chi connectivity index (χ1n) is 11.3. The van der Waals surface area contributed by atoms with Crippen molar-refractivity contribution in [1.82, 2.24) is 20.0 Å². The van der Waals surface area contributed by atoms with E-state index >= 15 is 0 Å². The van der Waals surface area contributed by atoms with Crippen molar-refractivity contribution in [3.63, 3.8) is 0 Å². The van der Waals surface area contributed by atoms with E-state index < -0.39 is 18.2 Å². The van der Waals surface area contributed by atoms with Crippen LogP contribution in [0.2, 0.25) is 0 Å². The van der Waals surface area contributed by atoms with Gasteiger partial charge in [-0.25, -0.2) is 4.79 Å². The number of phenolic OH excluding ortho intramolecular Hbond substituents is 1. The maximum Gasteiger partial charge on any atom is 0.328 e. The number of esters is 1. The van der Waals surface area contributed by atoms with Crippen molar-refractivity contribution in [1.29, 1.82) is 0 Å². The highest BCUT2D eigenvalue weighted by Gasteiger charge is 2.36. The van der Waals surface area contributed by atoms with Crippen molar-refractivity contribution < 1.29 is 29.3 Å². The maximum atomic E-state index is 12.6. The van der Waals surface area contributed by atoms with Crippen LogP contribution in [0.1, 0.15) is 25.3 Å². The Bertz CT molecular complexity index is 825. The van der Waals surface area contributed by atoms with E-state index in [2.05, 4.69) is 5.32 Å². The van der Waals surface area contributed by atoms with E-state index in [0.717, 1.165) is 18.4 Å². The third kappa shape index (κ3) is 6.66. The number of methoxy groups -OCH3 is 1. The summed E-state index contributed by atoms with van der Waals surface area (Å²) in [5, 5.41) is 23.0. The summed E-state index contributed by atoms with van der Waals surface area (Å²) in [6.45, 7) is 4.72. The van der Waals surface area contributed by atoms with Gasteiger partial charge in [0, 0.05) is 46.1 Å². The number of hydrogen-bond acceptors (Lipinski definition) is 8. The Morgan fingerprint density at radius 3 is 2.39 bits per heavy atom. The molecule has 182 valence electrons. The zero-order valence-electron chi connectivity index (χ0n) is 19.3. The molecule has 2 saturated heterocycles. The lowest BCUT2D eigenvalue weighted by Crippen LogP contribution is -2.57. The highest BCUT2D eigenvalue weighted by molar-refractivity contribution is 5.85. The van der Waals surface area contributed by atoms with Gasteiger partial charge in [-0.3, -0.25) is 19.4 Å². The molecule has 0 aliphatic carbocycles. The summed E-state index contributed by atoms with van der Waals surface area (Å²) in [4.78, 5) is 42.3. The topological polar surface area (TPSA) is 123 Å². The van der Waals surface area contributed by atoms with Gasteiger partial charge in [-0.05, 0) is 30.5 Å². The molecule has 3 N–H and O–H groups in total. The first-order valence-corrected chi connectivity index (χ1v) is 11.3. The molecular weight excluding hydrogens is 428 g/mol. The number of nitrogens with zero attached hydrogens (tertiary/aromatic N) is 3. The highest BCUT2D eigenvalue weighted by Crippen LogP contribution is 2.23. The van der Waals surface area contributed by atoms with E-state index in [1.54, 1.807) is 17.0 Å². The lowest BCUT2D eigenvalue weighted by molar-refractivity contribution is -0.145. The smallest absolute Gasteiger partial charge is 0.328 e. The number of likely N-dealkylation sites (tertiary alicyclic amines) is 1. The van der Waals surface area contributed by atoms with Crippen LogP contribution in [-0.2, 0) is 25.5 Å². The molecule has 0 bridgehead atoms. The third-order valence-electron chi connectivity index (χ3n) is 6.39. The Balaban J connectivity index is 1.48. The number of aromatic hydroxyl groups is 1. The minimum absolute atomic E-state index is 0.0145. The van der Waals surface area contributed by atoms with Crippen molar-refractivity contribution in [2.24, 2.45) is 0 Å². The molecular formula is C23H34N4O6. The average Bonchev–Trinajstić information content (AvgIpc) is 3.30. The van der Waals surface area contributed by atoms with Gasteiger partial charge < -0.3 is 25.2 Å². The maximum absolute atomic E-state index is 12.6. The van der Waals surface area contributed by atoms with Crippen LogP contribution in [0.4, 0.5) is 0 Å².